The van der Waals surface area contributed by atoms with Crippen molar-refractivity contribution in [3.8, 4) is 11.5 Å². The van der Waals surface area contributed by atoms with Gasteiger partial charge in [0.15, 0.2) is 17.5 Å². The van der Waals surface area contributed by atoms with Crippen molar-refractivity contribution in [1.29, 1.82) is 0 Å². The highest BCUT2D eigenvalue weighted by Gasteiger charge is 2.18. The SMILES string of the molecule is CN=C(NCCCc1ccc(OC)c(OC)c1)N1CCc2ccccc2C1.I. The number of guanidine groups is 1. The van der Waals surface area contributed by atoms with Crippen LogP contribution in [0.2, 0.25) is 0 Å². The van der Waals surface area contributed by atoms with Gasteiger partial charge in [-0.3, -0.25) is 4.99 Å². The highest BCUT2D eigenvalue weighted by atomic mass is 127. The van der Waals surface area contributed by atoms with Gasteiger partial charge in [0.1, 0.15) is 0 Å². The Morgan fingerprint density at radius 2 is 1.82 bits per heavy atom. The van der Waals surface area contributed by atoms with E-state index in [1.165, 1.54) is 16.7 Å². The maximum absolute atomic E-state index is 5.38. The molecule has 0 spiro atoms. The third-order valence-electron chi connectivity index (χ3n) is 5.02. The van der Waals surface area contributed by atoms with Crippen molar-refractivity contribution >= 4 is 29.9 Å². The Bertz CT molecular complexity index is 795. The van der Waals surface area contributed by atoms with Crippen molar-refractivity contribution in [3.05, 3.63) is 59.2 Å². The fourth-order valence-corrected chi connectivity index (χ4v) is 3.54. The van der Waals surface area contributed by atoms with Crippen LogP contribution in [-0.2, 0) is 19.4 Å². The second kappa shape index (κ2) is 11.1. The van der Waals surface area contributed by atoms with Crippen LogP contribution in [0.1, 0.15) is 23.1 Å². The molecule has 1 aliphatic rings. The molecule has 1 aliphatic heterocycles. The quantitative estimate of drug-likeness (QED) is 0.286. The van der Waals surface area contributed by atoms with Gasteiger partial charge in [-0.15, -0.1) is 24.0 Å². The Morgan fingerprint density at radius 1 is 1.07 bits per heavy atom. The zero-order valence-electron chi connectivity index (χ0n) is 16.9. The largest absolute Gasteiger partial charge is 0.493 e. The summed E-state index contributed by atoms with van der Waals surface area (Å²) in [4.78, 5) is 6.81. The molecule has 5 nitrogen and oxygen atoms in total. The number of nitrogens with one attached hydrogen (secondary N) is 1. The van der Waals surface area contributed by atoms with Gasteiger partial charge in [0.05, 0.1) is 14.2 Å². The van der Waals surface area contributed by atoms with Crippen LogP contribution in [0, 0.1) is 0 Å². The molecule has 1 heterocycles. The Balaban J connectivity index is 0.00000280. The summed E-state index contributed by atoms with van der Waals surface area (Å²) in [5, 5.41) is 3.51. The molecular weight excluding hydrogens is 465 g/mol. The smallest absolute Gasteiger partial charge is 0.193 e. The van der Waals surface area contributed by atoms with Gasteiger partial charge < -0.3 is 19.7 Å². The lowest BCUT2D eigenvalue weighted by Gasteiger charge is -2.31. The van der Waals surface area contributed by atoms with E-state index in [9.17, 15) is 0 Å². The maximum atomic E-state index is 5.38. The molecule has 2 aromatic rings. The van der Waals surface area contributed by atoms with Gasteiger partial charge in [0.25, 0.3) is 0 Å². The third kappa shape index (κ3) is 5.53. The second-order valence-electron chi connectivity index (χ2n) is 6.71. The molecule has 6 heteroatoms. The van der Waals surface area contributed by atoms with Crippen LogP contribution in [0.25, 0.3) is 0 Å². The average Bonchev–Trinajstić information content (AvgIpc) is 2.73. The fourth-order valence-electron chi connectivity index (χ4n) is 3.54. The summed E-state index contributed by atoms with van der Waals surface area (Å²) in [7, 11) is 5.19. The topological polar surface area (TPSA) is 46.1 Å². The summed E-state index contributed by atoms with van der Waals surface area (Å²) < 4.78 is 10.7. The molecule has 2 aromatic carbocycles. The van der Waals surface area contributed by atoms with E-state index < -0.39 is 0 Å². The van der Waals surface area contributed by atoms with Crippen molar-refractivity contribution in [2.45, 2.75) is 25.8 Å². The average molecular weight is 495 g/mol. The van der Waals surface area contributed by atoms with Crippen LogP contribution in [0.3, 0.4) is 0 Å². The molecule has 0 saturated carbocycles. The number of fused-ring (bicyclic) bond motifs is 1. The van der Waals surface area contributed by atoms with Gasteiger partial charge in [-0.25, -0.2) is 0 Å². The van der Waals surface area contributed by atoms with Gasteiger partial charge in [0, 0.05) is 26.7 Å². The molecule has 0 fully saturated rings. The monoisotopic (exact) mass is 495 g/mol. The summed E-state index contributed by atoms with van der Waals surface area (Å²) >= 11 is 0. The first-order valence-electron chi connectivity index (χ1n) is 9.48. The molecule has 0 aliphatic carbocycles. The summed E-state index contributed by atoms with van der Waals surface area (Å²) in [6.07, 6.45) is 3.08. The molecular formula is C22H30IN3O2. The number of halogens is 1. The molecule has 1 N–H and O–H groups in total. The highest BCUT2D eigenvalue weighted by Crippen LogP contribution is 2.27. The lowest BCUT2D eigenvalue weighted by atomic mass is 10.0. The third-order valence-corrected chi connectivity index (χ3v) is 5.02. The van der Waals surface area contributed by atoms with Gasteiger partial charge >= 0.3 is 0 Å². The first-order valence-corrected chi connectivity index (χ1v) is 9.48. The van der Waals surface area contributed by atoms with Gasteiger partial charge in [-0.1, -0.05) is 30.3 Å². The van der Waals surface area contributed by atoms with E-state index in [1.54, 1.807) is 14.2 Å². The molecule has 0 aromatic heterocycles. The molecule has 0 bridgehead atoms. The number of methoxy groups -OCH3 is 2. The van der Waals surface area contributed by atoms with Crippen LogP contribution < -0.4 is 14.8 Å². The van der Waals surface area contributed by atoms with E-state index in [0.29, 0.717) is 0 Å². The summed E-state index contributed by atoms with van der Waals surface area (Å²) in [6, 6.07) is 14.8. The van der Waals surface area contributed by atoms with Gasteiger partial charge in [0.2, 0.25) is 0 Å². The van der Waals surface area contributed by atoms with Crippen molar-refractivity contribution in [2.24, 2.45) is 4.99 Å². The van der Waals surface area contributed by atoms with Crippen LogP contribution in [-0.4, -0.2) is 45.2 Å². The van der Waals surface area contributed by atoms with Crippen molar-refractivity contribution < 1.29 is 9.47 Å². The Labute approximate surface area is 185 Å². The van der Waals surface area contributed by atoms with Crippen molar-refractivity contribution in [1.82, 2.24) is 10.2 Å². The molecule has 28 heavy (non-hydrogen) atoms. The van der Waals surface area contributed by atoms with E-state index in [-0.39, 0.29) is 24.0 Å². The maximum Gasteiger partial charge on any atom is 0.193 e. The van der Waals surface area contributed by atoms with E-state index in [2.05, 4.69) is 51.6 Å². The molecule has 0 atom stereocenters. The minimum absolute atomic E-state index is 0. The molecule has 0 radical (unpaired) electrons. The Morgan fingerprint density at radius 3 is 2.54 bits per heavy atom. The fraction of sp³-hybridized carbons (Fsp3) is 0.409. The number of hydrogen-bond acceptors (Lipinski definition) is 3. The number of hydrogen-bond donors (Lipinski definition) is 1. The molecule has 3 rings (SSSR count). The van der Waals surface area contributed by atoms with E-state index in [1.807, 2.05) is 13.1 Å². The van der Waals surface area contributed by atoms with Crippen LogP contribution >= 0.6 is 24.0 Å². The van der Waals surface area contributed by atoms with Crippen LogP contribution in [0.5, 0.6) is 11.5 Å². The summed E-state index contributed by atoms with van der Waals surface area (Å²) in [6.45, 7) is 2.82. The number of aryl methyl sites for hydroxylation is 1. The van der Waals surface area contributed by atoms with Gasteiger partial charge in [-0.2, -0.15) is 0 Å². The van der Waals surface area contributed by atoms with Crippen molar-refractivity contribution in [2.75, 3.05) is 34.4 Å². The number of aliphatic imine (C=N–C) groups is 1. The molecule has 152 valence electrons. The number of benzene rings is 2. The second-order valence-corrected chi connectivity index (χ2v) is 6.71. The van der Waals surface area contributed by atoms with E-state index >= 15 is 0 Å². The van der Waals surface area contributed by atoms with E-state index in [0.717, 1.165) is 56.4 Å². The number of rotatable bonds is 6. The highest BCUT2D eigenvalue weighted by molar-refractivity contribution is 14.0. The Hall–Kier alpha value is -1.96. The molecule has 0 unspecified atom stereocenters. The first kappa shape index (κ1) is 22.3. The lowest BCUT2D eigenvalue weighted by molar-refractivity contribution is 0.354. The van der Waals surface area contributed by atoms with Gasteiger partial charge in [-0.05, 0) is 48.1 Å². The summed E-state index contributed by atoms with van der Waals surface area (Å²) in [5.74, 6) is 2.53. The van der Waals surface area contributed by atoms with Crippen LogP contribution in [0.4, 0.5) is 0 Å². The predicted molar refractivity (Wildman–Crippen MR) is 125 cm³/mol. The minimum atomic E-state index is 0. The standard InChI is InChI=1S/C22H29N3O2.HI/c1-23-22(25-14-12-18-8-4-5-9-19(18)16-25)24-13-6-7-17-10-11-20(26-2)21(15-17)27-3;/h4-5,8-11,15H,6-7,12-14,16H2,1-3H3,(H,23,24);1H. The molecule has 0 amide bonds. The first-order chi connectivity index (χ1) is 13.2. The van der Waals surface area contributed by atoms with Crippen molar-refractivity contribution in [3.63, 3.8) is 0 Å². The lowest BCUT2D eigenvalue weighted by Crippen LogP contribution is -2.44. The number of ether oxygens (including phenoxy) is 2. The zero-order chi connectivity index (χ0) is 19.1. The minimum Gasteiger partial charge on any atom is -0.493 e. The zero-order valence-corrected chi connectivity index (χ0v) is 19.2. The molecule has 0 saturated heterocycles. The number of nitrogens with zero attached hydrogens (tertiary/aromatic N) is 2. The Kier molecular flexibility index (Phi) is 8.89. The van der Waals surface area contributed by atoms with E-state index in [4.69, 9.17) is 9.47 Å². The summed E-state index contributed by atoms with van der Waals surface area (Å²) in [5.41, 5.74) is 4.10. The predicted octanol–water partition coefficient (Wildman–Crippen LogP) is 3.89. The van der Waals surface area contributed by atoms with Crippen LogP contribution in [0.15, 0.2) is 47.5 Å². The normalized spacial score (nSPS) is 13.4.